The summed E-state index contributed by atoms with van der Waals surface area (Å²) in [6, 6.07) is -0.648. The summed E-state index contributed by atoms with van der Waals surface area (Å²) in [4.78, 5) is 11.9. The van der Waals surface area contributed by atoms with E-state index in [9.17, 15) is 18.0 Å². The summed E-state index contributed by atoms with van der Waals surface area (Å²) in [5, 5.41) is 3.44. The Balaban J connectivity index is 2.93. The molecule has 0 bridgehead atoms. The number of nitrogens with zero attached hydrogens (tertiary/aromatic N) is 2. The SMILES string of the molecule is CN(C)C1N(NC(=S)C(F)(F)F)C(=O)NC1(C)C. The van der Waals surface area contributed by atoms with Crippen LogP contribution in [0, 0.1) is 0 Å². The molecule has 2 N–H and O–H groups in total. The van der Waals surface area contributed by atoms with E-state index in [4.69, 9.17) is 0 Å². The Labute approximate surface area is 108 Å². The Morgan fingerprint density at radius 3 is 2.39 bits per heavy atom. The van der Waals surface area contributed by atoms with Gasteiger partial charge in [0.1, 0.15) is 6.17 Å². The minimum Gasteiger partial charge on any atom is -0.328 e. The van der Waals surface area contributed by atoms with E-state index >= 15 is 0 Å². The number of alkyl halides is 3. The third-order valence-electron chi connectivity index (χ3n) is 2.51. The van der Waals surface area contributed by atoms with Gasteiger partial charge in [-0.2, -0.15) is 13.2 Å². The van der Waals surface area contributed by atoms with Gasteiger partial charge in [0, 0.05) is 0 Å². The third kappa shape index (κ3) is 2.83. The molecule has 0 aliphatic carbocycles. The fraction of sp³-hybridized carbons (Fsp3) is 0.778. The normalized spacial score (nSPS) is 23.2. The third-order valence-corrected chi connectivity index (χ3v) is 2.83. The first-order chi connectivity index (χ1) is 7.97. The second-order valence-corrected chi connectivity index (χ2v) is 5.21. The fourth-order valence-electron chi connectivity index (χ4n) is 2.00. The molecular formula is C9H15F3N4OS. The van der Waals surface area contributed by atoms with Crippen LogP contribution in [0.5, 0.6) is 0 Å². The minimum absolute atomic E-state index is 0.592. The van der Waals surface area contributed by atoms with Crippen LogP contribution in [0.25, 0.3) is 0 Å². The molecule has 104 valence electrons. The van der Waals surface area contributed by atoms with Crippen molar-refractivity contribution in [3.8, 4) is 0 Å². The Bertz CT molecular complexity index is 369. The number of carbonyl (C=O) groups excluding carboxylic acids is 1. The van der Waals surface area contributed by atoms with Gasteiger partial charge < -0.3 is 5.32 Å². The van der Waals surface area contributed by atoms with Crippen molar-refractivity contribution in [2.45, 2.75) is 31.7 Å². The van der Waals surface area contributed by atoms with Crippen LogP contribution in [0.2, 0.25) is 0 Å². The molecule has 9 heteroatoms. The van der Waals surface area contributed by atoms with Crippen LogP contribution in [-0.4, -0.2) is 52.9 Å². The van der Waals surface area contributed by atoms with E-state index in [1.807, 2.05) is 5.43 Å². The van der Waals surface area contributed by atoms with Gasteiger partial charge in [0.15, 0.2) is 4.99 Å². The number of hydrogen-bond acceptors (Lipinski definition) is 3. The predicted octanol–water partition coefficient (Wildman–Crippen LogP) is 1.07. The summed E-state index contributed by atoms with van der Waals surface area (Å²) in [5.74, 6) is 0. The topological polar surface area (TPSA) is 47.6 Å². The standard InChI is InChI=1S/C9H15F3N4OS/c1-8(2)6(15(3)4)16(7(17)13-8)14-5(18)9(10,11)12/h6H,1-4H3,(H,13,17)(H,14,18). The van der Waals surface area contributed by atoms with Crippen molar-refractivity contribution in [1.82, 2.24) is 20.7 Å². The molecule has 2 amide bonds. The molecule has 0 aromatic carbocycles. The zero-order valence-corrected chi connectivity index (χ0v) is 11.2. The summed E-state index contributed by atoms with van der Waals surface area (Å²) in [6.07, 6.45) is -5.26. The van der Waals surface area contributed by atoms with Gasteiger partial charge in [0.25, 0.3) is 0 Å². The van der Waals surface area contributed by atoms with E-state index in [2.05, 4.69) is 17.5 Å². The van der Waals surface area contributed by atoms with Gasteiger partial charge in [-0.25, -0.2) is 9.80 Å². The fourth-order valence-corrected chi connectivity index (χ4v) is 2.09. The molecule has 0 aromatic heterocycles. The molecule has 5 nitrogen and oxygen atoms in total. The zero-order valence-electron chi connectivity index (χ0n) is 10.4. The maximum absolute atomic E-state index is 12.4. The Morgan fingerprint density at radius 2 is 2.00 bits per heavy atom. The van der Waals surface area contributed by atoms with E-state index in [-0.39, 0.29) is 0 Å². The number of nitrogens with one attached hydrogen (secondary N) is 2. The van der Waals surface area contributed by atoms with E-state index in [0.717, 1.165) is 5.01 Å². The summed E-state index contributed by atoms with van der Waals surface area (Å²) in [5.41, 5.74) is 1.24. The molecule has 1 unspecified atom stereocenters. The molecule has 0 saturated carbocycles. The van der Waals surface area contributed by atoms with Gasteiger partial charge in [-0.3, -0.25) is 10.3 Å². The first-order valence-corrected chi connectivity index (χ1v) is 5.53. The van der Waals surface area contributed by atoms with E-state index in [1.54, 1.807) is 32.8 Å². The van der Waals surface area contributed by atoms with Crippen molar-refractivity contribution in [1.29, 1.82) is 0 Å². The Morgan fingerprint density at radius 1 is 1.50 bits per heavy atom. The zero-order chi connectivity index (χ0) is 14.3. The predicted molar refractivity (Wildman–Crippen MR) is 63.7 cm³/mol. The van der Waals surface area contributed by atoms with E-state index in [0.29, 0.717) is 0 Å². The quantitative estimate of drug-likeness (QED) is 0.745. The van der Waals surface area contributed by atoms with Crippen molar-refractivity contribution in [3.05, 3.63) is 0 Å². The number of thiocarbonyl (C=S) groups is 1. The monoisotopic (exact) mass is 284 g/mol. The average molecular weight is 284 g/mol. The highest BCUT2D eigenvalue weighted by Gasteiger charge is 2.49. The lowest BCUT2D eigenvalue weighted by Gasteiger charge is -2.36. The lowest BCUT2D eigenvalue weighted by molar-refractivity contribution is -0.0637. The maximum Gasteiger partial charge on any atom is 0.443 e. The van der Waals surface area contributed by atoms with Crippen LogP contribution >= 0.6 is 12.2 Å². The number of likely N-dealkylation sites (N-methyl/N-ethyl adjacent to an activating group) is 1. The molecule has 0 aromatic rings. The first-order valence-electron chi connectivity index (χ1n) is 5.12. The molecule has 1 saturated heterocycles. The second-order valence-electron chi connectivity index (χ2n) is 4.80. The van der Waals surface area contributed by atoms with Crippen molar-refractivity contribution < 1.29 is 18.0 Å². The van der Waals surface area contributed by atoms with Gasteiger partial charge in [0.2, 0.25) is 0 Å². The largest absolute Gasteiger partial charge is 0.443 e. The first kappa shape index (κ1) is 15.0. The number of hydrazine groups is 1. The Hall–Kier alpha value is -1.09. The molecule has 1 aliphatic heterocycles. The highest BCUT2D eigenvalue weighted by Crippen LogP contribution is 2.24. The molecule has 1 aliphatic rings. The van der Waals surface area contributed by atoms with Gasteiger partial charge in [-0.15, -0.1) is 0 Å². The van der Waals surface area contributed by atoms with Gasteiger partial charge in [0.05, 0.1) is 5.54 Å². The van der Waals surface area contributed by atoms with Gasteiger partial charge in [-0.05, 0) is 27.9 Å². The molecule has 0 radical (unpaired) electrons. The summed E-state index contributed by atoms with van der Waals surface area (Å²) < 4.78 is 37.1. The molecule has 1 atom stereocenters. The van der Waals surface area contributed by atoms with Crippen molar-refractivity contribution in [2.75, 3.05) is 14.1 Å². The van der Waals surface area contributed by atoms with E-state index in [1.165, 1.54) is 0 Å². The summed E-state index contributed by atoms with van der Waals surface area (Å²) in [6.45, 7) is 3.43. The van der Waals surface area contributed by atoms with Crippen LogP contribution in [0.3, 0.4) is 0 Å². The number of urea groups is 1. The second kappa shape index (κ2) is 4.54. The summed E-state index contributed by atoms with van der Waals surface area (Å²) >= 11 is 4.22. The molecule has 1 heterocycles. The molecular weight excluding hydrogens is 269 g/mol. The van der Waals surface area contributed by atoms with Gasteiger partial charge >= 0.3 is 12.2 Å². The van der Waals surface area contributed by atoms with Crippen molar-refractivity contribution in [3.63, 3.8) is 0 Å². The average Bonchev–Trinajstić information content (AvgIpc) is 2.34. The van der Waals surface area contributed by atoms with Crippen LogP contribution in [0.15, 0.2) is 0 Å². The number of rotatable bonds is 2. The highest BCUT2D eigenvalue weighted by molar-refractivity contribution is 7.80. The van der Waals surface area contributed by atoms with Crippen LogP contribution < -0.4 is 10.7 Å². The van der Waals surface area contributed by atoms with Crippen molar-refractivity contribution >= 4 is 23.2 Å². The maximum atomic E-state index is 12.4. The lowest BCUT2D eigenvalue weighted by atomic mass is 10.0. The number of hydrogen-bond donors (Lipinski definition) is 2. The van der Waals surface area contributed by atoms with Crippen LogP contribution in [0.1, 0.15) is 13.8 Å². The highest BCUT2D eigenvalue weighted by atomic mass is 32.1. The minimum atomic E-state index is -4.67. The Kier molecular flexibility index (Phi) is 3.78. The molecule has 0 spiro atoms. The van der Waals surface area contributed by atoms with E-state index < -0.39 is 28.9 Å². The van der Waals surface area contributed by atoms with Crippen LogP contribution in [-0.2, 0) is 0 Å². The lowest BCUT2D eigenvalue weighted by Crippen LogP contribution is -2.58. The van der Waals surface area contributed by atoms with Crippen LogP contribution in [0.4, 0.5) is 18.0 Å². The molecule has 18 heavy (non-hydrogen) atoms. The summed E-state index contributed by atoms with van der Waals surface area (Å²) in [7, 11) is 3.33. The number of amides is 2. The number of carbonyl (C=O) groups is 1. The molecule has 1 rings (SSSR count). The number of halogens is 3. The smallest absolute Gasteiger partial charge is 0.328 e. The van der Waals surface area contributed by atoms with Gasteiger partial charge in [-0.1, -0.05) is 12.2 Å². The van der Waals surface area contributed by atoms with Crippen molar-refractivity contribution in [2.24, 2.45) is 0 Å². The molecule has 1 fully saturated rings.